The molecule has 1 unspecified atom stereocenters. The van der Waals surface area contributed by atoms with E-state index in [1.54, 1.807) is 6.07 Å². The molecule has 3 fully saturated rings. The van der Waals surface area contributed by atoms with Gasteiger partial charge in [0.2, 0.25) is 5.91 Å². The summed E-state index contributed by atoms with van der Waals surface area (Å²) in [5.74, 6) is -0.0423. The molecule has 2 N–H and O–H groups in total. The Bertz CT molecular complexity index is 2130. The number of rotatable bonds is 11. The fourth-order valence-electron chi connectivity index (χ4n) is 10.2. The first kappa shape index (κ1) is 35.5. The van der Waals surface area contributed by atoms with Crippen LogP contribution < -0.4 is 10.2 Å². The Balaban J connectivity index is 0.744. The van der Waals surface area contributed by atoms with E-state index in [4.69, 9.17) is 0 Å². The maximum Gasteiger partial charge on any atom is 0.262 e. The summed E-state index contributed by atoms with van der Waals surface area (Å²) in [7, 11) is 0. The first-order chi connectivity index (χ1) is 26.8. The molecule has 5 atom stereocenters. The molecule has 282 valence electrons. The van der Waals surface area contributed by atoms with Crippen molar-refractivity contribution in [1.29, 1.82) is 0 Å². The highest BCUT2D eigenvalue weighted by Crippen LogP contribution is 2.47. The van der Waals surface area contributed by atoms with Crippen LogP contribution in [0.5, 0.6) is 5.75 Å². The van der Waals surface area contributed by atoms with Gasteiger partial charge in [-0.15, -0.1) is 0 Å². The summed E-state index contributed by atoms with van der Waals surface area (Å²) in [5.41, 5.74) is 9.15. The number of benzene rings is 4. The third-order valence-corrected chi connectivity index (χ3v) is 13.0. The number of nitrogens with zero attached hydrogens (tertiary/aromatic N) is 3. The molecular weight excluding hydrogens is 685 g/mol. The smallest absolute Gasteiger partial charge is 0.262 e. The number of nitrogens with one attached hydrogen (secondary N) is 1. The average Bonchev–Trinajstić information content (AvgIpc) is 3.87. The van der Waals surface area contributed by atoms with E-state index in [0.717, 1.165) is 55.9 Å². The van der Waals surface area contributed by atoms with Crippen LogP contribution in [0, 0.1) is 0 Å². The molecule has 4 aromatic carbocycles. The molecule has 1 aliphatic carbocycles. The maximum absolute atomic E-state index is 13.4. The third-order valence-electron chi connectivity index (χ3n) is 13.0. The van der Waals surface area contributed by atoms with Crippen molar-refractivity contribution in [2.24, 2.45) is 0 Å². The van der Waals surface area contributed by atoms with Gasteiger partial charge in [-0.3, -0.25) is 24.2 Å². The Morgan fingerprint density at radius 1 is 0.745 bits per heavy atom. The number of carbonyl (C=O) groups excluding carboxylic acids is 3. The van der Waals surface area contributed by atoms with Crippen LogP contribution in [0.3, 0.4) is 0 Å². The summed E-state index contributed by atoms with van der Waals surface area (Å²) in [5, 5.41) is 12.9. The summed E-state index contributed by atoms with van der Waals surface area (Å²) in [4.78, 5) is 45.5. The van der Waals surface area contributed by atoms with Crippen molar-refractivity contribution in [3.05, 3.63) is 142 Å². The van der Waals surface area contributed by atoms with Gasteiger partial charge in [0.25, 0.3) is 11.8 Å². The van der Waals surface area contributed by atoms with Crippen LogP contribution in [0.25, 0.3) is 0 Å². The van der Waals surface area contributed by atoms with Crippen LogP contribution in [0.2, 0.25) is 0 Å². The number of phenols is 1. The van der Waals surface area contributed by atoms with Gasteiger partial charge in [0.15, 0.2) is 0 Å². The zero-order valence-electron chi connectivity index (χ0n) is 31.5. The molecule has 55 heavy (non-hydrogen) atoms. The Labute approximate surface area is 323 Å². The number of carbonyl (C=O) groups is 3. The molecule has 0 saturated carbocycles. The predicted molar refractivity (Wildman–Crippen MR) is 214 cm³/mol. The maximum atomic E-state index is 13.4. The fourth-order valence-corrected chi connectivity index (χ4v) is 10.2. The highest BCUT2D eigenvalue weighted by Gasteiger charge is 2.46. The third kappa shape index (κ3) is 6.75. The molecule has 0 aromatic heterocycles. The molecule has 2 bridgehead atoms. The number of fused-ring (bicyclic) bond motifs is 4. The van der Waals surface area contributed by atoms with Crippen LogP contribution in [0.1, 0.15) is 112 Å². The van der Waals surface area contributed by atoms with Crippen LogP contribution in [-0.2, 0) is 17.6 Å². The van der Waals surface area contributed by atoms with E-state index in [0.29, 0.717) is 53.4 Å². The Morgan fingerprint density at radius 3 is 2.33 bits per heavy atom. The van der Waals surface area contributed by atoms with E-state index < -0.39 is 6.04 Å². The SMILES string of the molecule is C=C1CCC(N2C(=O)c3ccc(N4C[C@@H]5C[C@H]4CN5CCCCCCc4ccc([C@H]5c6ccc(O)cc6CC[C@H]5c5ccccc5)cc4)cc3C2=O)C(=O)N1. The van der Waals surface area contributed by atoms with E-state index in [-0.39, 0.29) is 23.6 Å². The summed E-state index contributed by atoms with van der Waals surface area (Å²) >= 11 is 0. The van der Waals surface area contributed by atoms with Crippen molar-refractivity contribution < 1.29 is 19.5 Å². The molecule has 3 amide bonds. The topological polar surface area (TPSA) is 93.2 Å². The Hall–Kier alpha value is -5.21. The number of unbranched alkanes of at least 4 members (excludes halogenated alkanes) is 3. The number of imide groups is 1. The monoisotopic (exact) mass is 734 g/mol. The van der Waals surface area contributed by atoms with Gasteiger partial charge < -0.3 is 15.3 Å². The number of aryl methyl sites for hydroxylation is 2. The minimum atomic E-state index is -0.790. The number of amides is 3. The molecule has 4 aromatic rings. The van der Waals surface area contributed by atoms with Gasteiger partial charge in [-0.05, 0) is 122 Å². The van der Waals surface area contributed by atoms with E-state index >= 15 is 0 Å². The quantitative estimate of drug-likeness (QED) is 0.121. The van der Waals surface area contributed by atoms with Crippen LogP contribution >= 0.6 is 0 Å². The van der Waals surface area contributed by atoms with Crippen molar-refractivity contribution >= 4 is 23.4 Å². The lowest BCUT2D eigenvalue weighted by Gasteiger charge is -2.35. The predicted octanol–water partition coefficient (Wildman–Crippen LogP) is 7.71. The van der Waals surface area contributed by atoms with Crippen molar-refractivity contribution in [2.75, 3.05) is 24.5 Å². The van der Waals surface area contributed by atoms with Crippen molar-refractivity contribution in [3.8, 4) is 5.75 Å². The Morgan fingerprint density at radius 2 is 1.55 bits per heavy atom. The van der Waals surface area contributed by atoms with Gasteiger partial charge in [-0.1, -0.05) is 80.1 Å². The van der Waals surface area contributed by atoms with Crippen molar-refractivity contribution in [2.45, 2.75) is 94.2 Å². The second kappa shape index (κ2) is 14.8. The van der Waals surface area contributed by atoms with Gasteiger partial charge >= 0.3 is 0 Å². The number of aromatic hydroxyl groups is 1. The van der Waals surface area contributed by atoms with E-state index in [2.05, 4.69) is 82.4 Å². The van der Waals surface area contributed by atoms with Gasteiger partial charge in [-0.2, -0.15) is 0 Å². The highest BCUT2D eigenvalue weighted by atomic mass is 16.3. The standard InChI is InChI=1S/C47H50N4O4/c1-30-12-23-43(45(53)48-30)51-46(54)41-21-18-35(27-42(41)47(51)55)50-29-36-26-37(50)28-49(36)24-8-3-2-5-9-31-13-15-33(16-14-31)44-39(32-10-6-4-7-11-32)20-17-34-25-38(52)19-22-40(34)44/h4,6-7,10-11,13-16,18-19,21-22,25,27,36-37,39,43-44,52H,1-3,5,8-9,12,17,20,23-24,26,28-29H2,(H,48,53)/t36-,37-,39-,43?,44+/m0/s1. The van der Waals surface area contributed by atoms with Gasteiger partial charge in [0.1, 0.15) is 11.8 Å². The van der Waals surface area contributed by atoms with Crippen LogP contribution in [0.4, 0.5) is 5.69 Å². The van der Waals surface area contributed by atoms with E-state index in [1.165, 1.54) is 53.5 Å². The fraction of sp³-hybridized carbons (Fsp3) is 0.383. The lowest BCUT2D eigenvalue weighted by Crippen LogP contribution is -2.51. The minimum absolute atomic E-state index is 0.279. The average molecular weight is 735 g/mol. The largest absolute Gasteiger partial charge is 0.508 e. The molecule has 4 heterocycles. The first-order valence-corrected chi connectivity index (χ1v) is 20.3. The van der Waals surface area contributed by atoms with Crippen molar-refractivity contribution in [3.63, 3.8) is 0 Å². The van der Waals surface area contributed by atoms with Gasteiger partial charge in [0.05, 0.1) is 11.1 Å². The molecule has 4 aliphatic heterocycles. The molecule has 5 aliphatic rings. The number of anilines is 1. The van der Waals surface area contributed by atoms with E-state index in [9.17, 15) is 19.5 Å². The minimum Gasteiger partial charge on any atom is -0.508 e. The molecule has 0 spiro atoms. The van der Waals surface area contributed by atoms with E-state index in [1.807, 2.05) is 24.3 Å². The number of phenolic OH excluding ortho intramolecular Hbond substituents is 1. The number of allylic oxidation sites excluding steroid dienone is 1. The zero-order valence-corrected chi connectivity index (χ0v) is 31.5. The number of piperazine rings is 1. The highest BCUT2D eigenvalue weighted by molar-refractivity contribution is 6.23. The lowest BCUT2D eigenvalue weighted by atomic mass is 9.69. The summed E-state index contributed by atoms with van der Waals surface area (Å²) in [6.45, 7) is 6.89. The van der Waals surface area contributed by atoms with Crippen LogP contribution in [0.15, 0.2) is 103 Å². The summed E-state index contributed by atoms with van der Waals surface area (Å²) < 4.78 is 0. The zero-order chi connectivity index (χ0) is 37.6. The molecule has 0 radical (unpaired) electrons. The number of piperidine rings is 1. The molecule has 8 nitrogen and oxygen atoms in total. The number of likely N-dealkylation sites (tertiary alicyclic amines) is 1. The van der Waals surface area contributed by atoms with Gasteiger partial charge in [0, 0.05) is 42.5 Å². The molecule has 8 heteroatoms. The second-order valence-corrected chi connectivity index (χ2v) is 16.4. The van der Waals surface area contributed by atoms with Crippen LogP contribution in [-0.4, -0.2) is 70.4 Å². The molecule has 9 rings (SSSR count). The first-order valence-electron chi connectivity index (χ1n) is 20.3. The summed E-state index contributed by atoms with van der Waals surface area (Å²) in [6.07, 6.45) is 10.1. The molecule has 3 saturated heterocycles. The number of hydrogen-bond donors (Lipinski definition) is 2. The normalized spacial score (nSPS) is 24.7. The molecular formula is C47H50N4O4. The lowest BCUT2D eigenvalue weighted by molar-refractivity contribution is -0.125. The second-order valence-electron chi connectivity index (χ2n) is 16.4. The van der Waals surface area contributed by atoms with Gasteiger partial charge in [-0.25, -0.2) is 0 Å². The number of hydrogen-bond acceptors (Lipinski definition) is 6. The Kier molecular flexibility index (Phi) is 9.55. The summed E-state index contributed by atoms with van der Waals surface area (Å²) in [6, 6.07) is 31.9. The van der Waals surface area contributed by atoms with Crippen molar-refractivity contribution in [1.82, 2.24) is 15.1 Å².